The molecule has 1 aromatic carbocycles. The summed E-state index contributed by atoms with van der Waals surface area (Å²) in [5.74, 6) is -0.271. The summed E-state index contributed by atoms with van der Waals surface area (Å²) in [6.07, 6.45) is 0.243. The molecule has 0 bridgehead atoms. The number of fused-ring (bicyclic) bond motifs is 1. The molecule has 0 radical (unpaired) electrons. The number of nitrogens with zero attached hydrogens (tertiary/aromatic N) is 2. The lowest BCUT2D eigenvalue weighted by molar-refractivity contribution is 0.0748. The number of aromatic nitrogens is 1. The van der Waals surface area contributed by atoms with E-state index in [1.165, 1.54) is 11.0 Å². The number of benzene rings is 1. The van der Waals surface area contributed by atoms with Crippen LogP contribution in [0.2, 0.25) is 0 Å². The van der Waals surface area contributed by atoms with Crippen LogP contribution in [0.5, 0.6) is 0 Å². The third-order valence-corrected chi connectivity index (χ3v) is 3.90. The van der Waals surface area contributed by atoms with Gasteiger partial charge < -0.3 is 9.88 Å². The summed E-state index contributed by atoms with van der Waals surface area (Å²) in [5.41, 5.74) is 0.618. The fraction of sp³-hybridized carbons (Fsp3) is 0.267. The molecule has 1 aromatic heterocycles. The first-order valence-electron chi connectivity index (χ1n) is 6.40. The molecular weight excluding hydrogens is 334 g/mol. The molecule has 0 aliphatic heterocycles. The molecule has 0 saturated heterocycles. The van der Waals surface area contributed by atoms with Crippen molar-refractivity contribution in [3.05, 3.63) is 44.7 Å². The molecule has 0 aliphatic carbocycles. The summed E-state index contributed by atoms with van der Waals surface area (Å²) >= 11 is 3.37. The average Bonchev–Trinajstić information content (AvgIpc) is 2.45. The summed E-state index contributed by atoms with van der Waals surface area (Å²) in [4.78, 5) is 28.5. The van der Waals surface area contributed by atoms with Crippen LogP contribution >= 0.6 is 15.9 Å². The SMILES string of the molecule is CC(CC#N)N(C)C(=O)c1cc(=O)[nH]c2ccc(Br)cc12. The van der Waals surface area contributed by atoms with Gasteiger partial charge in [0.05, 0.1) is 18.1 Å². The van der Waals surface area contributed by atoms with E-state index in [1.54, 1.807) is 32.2 Å². The molecule has 0 aliphatic rings. The number of nitrogens with one attached hydrogen (secondary N) is 1. The molecule has 2 aromatic rings. The van der Waals surface area contributed by atoms with Crippen LogP contribution in [0.15, 0.2) is 33.5 Å². The van der Waals surface area contributed by atoms with Crippen LogP contribution in [0.25, 0.3) is 10.9 Å². The fourth-order valence-corrected chi connectivity index (χ4v) is 2.42. The fourth-order valence-electron chi connectivity index (χ4n) is 2.06. The number of carbonyl (C=O) groups excluding carboxylic acids is 1. The van der Waals surface area contributed by atoms with Crippen molar-refractivity contribution in [2.75, 3.05) is 7.05 Å². The number of H-pyrrole nitrogens is 1. The van der Waals surface area contributed by atoms with Crippen molar-refractivity contribution < 1.29 is 4.79 Å². The summed E-state index contributed by atoms with van der Waals surface area (Å²) in [6, 6.07) is 8.46. The Morgan fingerprint density at radius 3 is 2.86 bits per heavy atom. The van der Waals surface area contributed by atoms with E-state index in [2.05, 4.69) is 20.9 Å². The second-order valence-electron chi connectivity index (χ2n) is 4.86. The predicted molar refractivity (Wildman–Crippen MR) is 84.1 cm³/mol. The van der Waals surface area contributed by atoms with E-state index in [0.29, 0.717) is 16.5 Å². The minimum Gasteiger partial charge on any atom is -0.338 e. The first-order chi connectivity index (χ1) is 9.93. The lowest BCUT2D eigenvalue weighted by atomic mass is 10.1. The number of hydrogen-bond acceptors (Lipinski definition) is 3. The van der Waals surface area contributed by atoms with E-state index in [-0.39, 0.29) is 23.9 Å². The molecule has 0 fully saturated rings. The number of hydrogen-bond donors (Lipinski definition) is 1. The molecule has 6 heteroatoms. The summed E-state index contributed by atoms with van der Waals surface area (Å²) in [6.45, 7) is 1.80. The van der Waals surface area contributed by atoms with Gasteiger partial charge in [-0.05, 0) is 25.1 Å². The van der Waals surface area contributed by atoms with Crippen molar-refractivity contribution in [3.8, 4) is 6.07 Å². The Morgan fingerprint density at radius 1 is 1.48 bits per heavy atom. The minimum atomic E-state index is -0.325. The Hall–Kier alpha value is -2.13. The predicted octanol–water partition coefficient (Wildman–Crippen LogP) is 2.66. The monoisotopic (exact) mass is 347 g/mol. The van der Waals surface area contributed by atoms with E-state index in [4.69, 9.17) is 5.26 Å². The molecule has 1 N–H and O–H groups in total. The van der Waals surface area contributed by atoms with Crippen molar-refractivity contribution >= 4 is 32.7 Å². The maximum Gasteiger partial charge on any atom is 0.254 e. The highest BCUT2D eigenvalue weighted by Crippen LogP contribution is 2.22. The van der Waals surface area contributed by atoms with Crippen molar-refractivity contribution in [1.29, 1.82) is 5.26 Å². The zero-order valence-electron chi connectivity index (χ0n) is 11.7. The lowest BCUT2D eigenvalue weighted by Crippen LogP contribution is -2.35. The maximum atomic E-state index is 12.6. The summed E-state index contributed by atoms with van der Waals surface area (Å²) < 4.78 is 0.823. The van der Waals surface area contributed by atoms with Crippen LogP contribution in [0.1, 0.15) is 23.7 Å². The number of halogens is 1. The normalized spacial score (nSPS) is 11.9. The van der Waals surface area contributed by atoms with Crippen LogP contribution in [0, 0.1) is 11.3 Å². The average molecular weight is 348 g/mol. The topological polar surface area (TPSA) is 77.0 Å². The Kier molecular flexibility index (Phi) is 4.43. The smallest absolute Gasteiger partial charge is 0.254 e. The van der Waals surface area contributed by atoms with E-state index >= 15 is 0 Å². The quantitative estimate of drug-likeness (QED) is 0.926. The molecule has 1 atom stereocenters. The zero-order chi connectivity index (χ0) is 15.6. The van der Waals surface area contributed by atoms with Crippen LogP contribution in [0.4, 0.5) is 0 Å². The molecule has 5 nitrogen and oxygen atoms in total. The van der Waals surface area contributed by atoms with Crippen molar-refractivity contribution in [2.24, 2.45) is 0 Å². The van der Waals surface area contributed by atoms with Gasteiger partial charge in [-0.25, -0.2) is 0 Å². The lowest BCUT2D eigenvalue weighted by Gasteiger charge is -2.23. The van der Waals surface area contributed by atoms with Gasteiger partial charge in [-0.3, -0.25) is 9.59 Å². The Morgan fingerprint density at radius 2 is 2.19 bits per heavy atom. The van der Waals surface area contributed by atoms with Gasteiger partial charge in [0.25, 0.3) is 5.91 Å². The van der Waals surface area contributed by atoms with Gasteiger partial charge in [-0.15, -0.1) is 0 Å². The van der Waals surface area contributed by atoms with E-state index in [0.717, 1.165) is 4.47 Å². The van der Waals surface area contributed by atoms with Crippen molar-refractivity contribution in [2.45, 2.75) is 19.4 Å². The Balaban J connectivity index is 2.55. The molecule has 108 valence electrons. The van der Waals surface area contributed by atoms with Gasteiger partial charge >= 0.3 is 0 Å². The van der Waals surface area contributed by atoms with Gasteiger partial charge in [0.1, 0.15) is 0 Å². The molecule has 2 rings (SSSR count). The van der Waals surface area contributed by atoms with Gasteiger partial charge in [0, 0.05) is 34.5 Å². The van der Waals surface area contributed by atoms with Gasteiger partial charge in [0.2, 0.25) is 5.56 Å². The highest BCUT2D eigenvalue weighted by molar-refractivity contribution is 9.10. The molecule has 0 saturated carbocycles. The van der Waals surface area contributed by atoms with E-state index in [1.807, 2.05) is 6.07 Å². The van der Waals surface area contributed by atoms with E-state index in [9.17, 15) is 9.59 Å². The number of amides is 1. The minimum absolute atomic E-state index is 0.219. The number of aromatic amines is 1. The van der Waals surface area contributed by atoms with Crippen LogP contribution in [0.3, 0.4) is 0 Å². The third-order valence-electron chi connectivity index (χ3n) is 3.40. The number of rotatable bonds is 3. The third kappa shape index (κ3) is 3.14. The maximum absolute atomic E-state index is 12.6. The zero-order valence-corrected chi connectivity index (χ0v) is 13.3. The summed E-state index contributed by atoms with van der Waals surface area (Å²) in [5, 5.41) is 9.41. The van der Waals surface area contributed by atoms with Gasteiger partial charge in [0.15, 0.2) is 0 Å². The number of pyridine rings is 1. The largest absolute Gasteiger partial charge is 0.338 e. The Bertz CT molecular complexity index is 792. The molecule has 1 amide bonds. The Labute approximate surface area is 130 Å². The van der Waals surface area contributed by atoms with Gasteiger partial charge in [-0.2, -0.15) is 5.26 Å². The molecule has 1 unspecified atom stereocenters. The second-order valence-corrected chi connectivity index (χ2v) is 5.78. The molecule has 0 spiro atoms. The van der Waals surface area contributed by atoms with Crippen LogP contribution in [-0.2, 0) is 0 Å². The molecule has 21 heavy (non-hydrogen) atoms. The number of carbonyl (C=O) groups is 1. The first kappa shape index (κ1) is 15.3. The highest BCUT2D eigenvalue weighted by Gasteiger charge is 2.20. The highest BCUT2D eigenvalue weighted by atomic mass is 79.9. The second kappa shape index (κ2) is 6.10. The van der Waals surface area contributed by atoms with Gasteiger partial charge in [-0.1, -0.05) is 15.9 Å². The van der Waals surface area contributed by atoms with Crippen LogP contribution < -0.4 is 5.56 Å². The van der Waals surface area contributed by atoms with E-state index < -0.39 is 0 Å². The van der Waals surface area contributed by atoms with Crippen molar-refractivity contribution in [1.82, 2.24) is 9.88 Å². The standard InChI is InChI=1S/C15H14BrN3O2/c1-9(5-6-17)19(2)15(21)12-8-14(20)18-13-4-3-10(16)7-11(12)13/h3-4,7-9H,5H2,1-2H3,(H,18,20). The van der Waals surface area contributed by atoms with Crippen molar-refractivity contribution in [3.63, 3.8) is 0 Å². The molecular formula is C15H14BrN3O2. The number of nitriles is 1. The molecule has 1 heterocycles. The summed E-state index contributed by atoms with van der Waals surface area (Å²) in [7, 11) is 1.63. The van der Waals surface area contributed by atoms with Crippen LogP contribution in [-0.4, -0.2) is 28.9 Å². The first-order valence-corrected chi connectivity index (χ1v) is 7.20.